The molecule has 0 aliphatic carbocycles. The van der Waals surface area contributed by atoms with Crippen molar-refractivity contribution in [2.45, 2.75) is 25.8 Å². The summed E-state index contributed by atoms with van der Waals surface area (Å²) in [7, 11) is 0. The highest BCUT2D eigenvalue weighted by atomic mass is 35.5. The number of aromatic nitrogens is 3. The summed E-state index contributed by atoms with van der Waals surface area (Å²) in [6.07, 6.45) is 4.01. The van der Waals surface area contributed by atoms with Crippen molar-refractivity contribution in [3.05, 3.63) is 58.5 Å². The minimum absolute atomic E-state index is 0.103. The highest BCUT2D eigenvalue weighted by Crippen LogP contribution is 2.31. The van der Waals surface area contributed by atoms with Crippen LogP contribution in [0.2, 0.25) is 10.0 Å². The molecule has 0 saturated carbocycles. The van der Waals surface area contributed by atoms with Gasteiger partial charge < -0.3 is 14.7 Å². The zero-order valence-corrected chi connectivity index (χ0v) is 19.9. The van der Waals surface area contributed by atoms with Crippen LogP contribution in [0.15, 0.2) is 42.6 Å². The van der Waals surface area contributed by atoms with Crippen LogP contribution in [-0.2, 0) is 0 Å². The molecule has 1 atom stereocenters. The molecule has 9 heteroatoms. The maximum absolute atomic E-state index is 14.2. The molecule has 0 amide bonds. The van der Waals surface area contributed by atoms with Crippen LogP contribution in [0, 0.1) is 5.82 Å². The zero-order chi connectivity index (χ0) is 22.9. The summed E-state index contributed by atoms with van der Waals surface area (Å²) in [6, 6.07) is 10.6. The quantitative estimate of drug-likeness (QED) is 0.498. The number of piperazine rings is 1. The molecule has 172 valence electrons. The fraction of sp³-hybridized carbons (Fsp3) is 0.375. The second-order valence-corrected chi connectivity index (χ2v) is 9.35. The van der Waals surface area contributed by atoms with Crippen molar-refractivity contribution < 1.29 is 4.39 Å². The number of nitrogens with zero attached hydrogens (tertiary/aromatic N) is 6. The highest BCUT2D eigenvalue weighted by Gasteiger charge is 2.28. The summed E-state index contributed by atoms with van der Waals surface area (Å²) in [6.45, 7) is 6.33. The van der Waals surface area contributed by atoms with E-state index in [4.69, 9.17) is 33.2 Å². The first-order chi connectivity index (χ1) is 16.0. The van der Waals surface area contributed by atoms with Crippen LogP contribution in [0.5, 0.6) is 0 Å². The Labute approximate surface area is 203 Å². The smallest absolute Gasteiger partial charge is 0.227 e. The van der Waals surface area contributed by atoms with E-state index in [0.717, 1.165) is 57.2 Å². The van der Waals surface area contributed by atoms with Crippen molar-refractivity contribution in [3.63, 3.8) is 0 Å². The van der Waals surface area contributed by atoms with Crippen LogP contribution < -0.4 is 14.7 Å². The Morgan fingerprint density at radius 2 is 1.76 bits per heavy atom. The molecule has 0 radical (unpaired) electrons. The average molecular weight is 487 g/mol. The Hall–Kier alpha value is -2.64. The molecule has 1 aromatic carbocycles. The minimum atomic E-state index is -0.453. The summed E-state index contributed by atoms with van der Waals surface area (Å²) in [5.74, 6) is 1.89. The zero-order valence-electron chi connectivity index (χ0n) is 18.4. The molecule has 33 heavy (non-hydrogen) atoms. The first-order valence-corrected chi connectivity index (χ1v) is 12.0. The second-order valence-electron chi connectivity index (χ2n) is 8.53. The standard InChI is InChI=1S/C24H25Cl2FN6/c1-16-15-32(23-19(26)5-4-8-28-23)11-12-33(16)22-14-21(17-6-7-18(25)20(27)13-17)29-24(30-22)31-9-2-3-10-31/h4-8,13-14,16H,2-3,9-12,15H2,1H3/t16-/m1/s1. The summed E-state index contributed by atoms with van der Waals surface area (Å²) >= 11 is 12.3. The molecular weight excluding hydrogens is 462 g/mol. The summed E-state index contributed by atoms with van der Waals surface area (Å²) in [4.78, 5) is 20.9. The molecule has 2 aliphatic heterocycles. The van der Waals surface area contributed by atoms with Crippen LogP contribution in [0.3, 0.4) is 0 Å². The van der Waals surface area contributed by atoms with Crippen molar-refractivity contribution in [2.75, 3.05) is 47.4 Å². The minimum Gasteiger partial charge on any atom is -0.352 e. The molecule has 3 aromatic rings. The summed E-state index contributed by atoms with van der Waals surface area (Å²) in [5.41, 5.74) is 1.38. The van der Waals surface area contributed by atoms with Crippen molar-refractivity contribution >= 4 is 40.8 Å². The van der Waals surface area contributed by atoms with Crippen LogP contribution in [0.4, 0.5) is 22.0 Å². The van der Waals surface area contributed by atoms with E-state index in [9.17, 15) is 4.39 Å². The van der Waals surface area contributed by atoms with E-state index in [-0.39, 0.29) is 11.1 Å². The Morgan fingerprint density at radius 1 is 0.939 bits per heavy atom. The lowest BCUT2D eigenvalue weighted by atomic mass is 10.1. The van der Waals surface area contributed by atoms with E-state index in [0.29, 0.717) is 22.2 Å². The highest BCUT2D eigenvalue weighted by molar-refractivity contribution is 6.33. The van der Waals surface area contributed by atoms with Gasteiger partial charge in [0.25, 0.3) is 0 Å². The van der Waals surface area contributed by atoms with E-state index < -0.39 is 5.82 Å². The van der Waals surface area contributed by atoms with Gasteiger partial charge in [0, 0.05) is 56.6 Å². The SMILES string of the molecule is C[C@@H]1CN(c2ncccc2Cl)CCN1c1cc(-c2ccc(Cl)c(F)c2)nc(N2CCCC2)n1. The normalized spacial score (nSPS) is 18.8. The maximum atomic E-state index is 14.2. The lowest BCUT2D eigenvalue weighted by Gasteiger charge is -2.41. The number of benzene rings is 1. The maximum Gasteiger partial charge on any atom is 0.227 e. The third-order valence-electron chi connectivity index (χ3n) is 6.27. The largest absolute Gasteiger partial charge is 0.352 e. The number of pyridine rings is 1. The predicted molar refractivity (Wildman–Crippen MR) is 132 cm³/mol. The Bertz CT molecular complexity index is 1150. The van der Waals surface area contributed by atoms with Crippen molar-refractivity contribution in [1.29, 1.82) is 0 Å². The van der Waals surface area contributed by atoms with Gasteiger partial charge in [-0.3, -0.25) is 0 Å². The van der Waals surface area contributed by atoms with E-state index in [1.165, 1.54) is 6.07 Å². The first kappa shape index (κ1) is 22.2. The fourth-order valence-corrected chi connectivity index (χ4v) is 4.89. The van der Waals surface area contributed by atoms with Crippen molar-refractivity contribution in [3.8, 4) is 11.3 Å². The lowest BCUT2D eigenvalue weighted by Crippen LogP contribution is -2.52. The molecular formula is C24H25Cl2FN6. The lowest BCUT2D eigenvalue weighted by molar-refractivity contribution is 0.542. The Balaban J connectivity index is 1.47. The average Bonchev–Trinajstić information content (AvgIpc) is 3.36. The van der Waals surface area contributed by atoms with Crippen LogP contribution in [-0.4, -0.2) is 53.7 Å². The molecule has 2 saturated heterocycles. The van der Waals surface area contributed by atoms with E-state index >= 15 is 0 Å². The Morgan fingerprint density at radius 3 is 2.48 bits per heavy atom. The van der Waals surface area contributed by atoms with Gasteiger partial charge in [-0.1, -0.05) is 29.3 Å². The summed E-state index contributed by atoms with van der Waals surface area (Å²) < 4.78 is 14.2. The second kappa shape index (κ2) is 9.31. The molecule has 0 bridgehead atoms. The molecule has 0 N–H and O–H groups in total. The van der Waals surface area contributed by atoms with Gasteiger partial charge in [0.1, 0.15) is 17.5 Å². The molecule has 2 aliphatic rings. The molecule has 2 fully saturated rings. The number of hydrogen-bond acceptors (Lipinski definition) is 6. The van der Waals surface area contributed by atoms with E-state index in [2.05, 4.69) is 26.6 Å². The third-order valence-corrected chi connectivity index (χ3v) is 6.87. The van der Waals surface area contributed by atoms with Crippen molar-refractivity contribution in [1.82, 2.24) is 15.0 Å². The van der Waals surface area contributed by atoms with Gasteiger partial charge in [-0.05, 0) is 44.0 Å². The number of anilines is 3. The van der Waals surface area contributed by atoms with Gasteiger partial charge in [0.2, 0.25) is 5.95 Å². The number of rotatable bonds is 4. The molecule has 0 spiro atoms. The fourth-order valence-electron chi connectivity index (χ4n) is 4.53. The van der Waals surface area contributed by atoms with E-state index in [1.54, 1.807) is 18.3 Å². The summed E-state index contributed by atoms with van der Waals surface area (Å²) in [5, 5.41) is 0.759. The molecule has 4 heterocycles. The molecule has 5 rings (SSSR count). The van der Waals surface area contributed by atoms with Gasteiger partial charge in [0.15, 0.2) is 0 Å². The third kappa shape index (κ3) is 4.57. The van der Waals surface area contributed by atoms with Gasteiger partial charge in [-0.2, -0.15) is 4.98 Å². The predicted octanol–water partition coefficient (Wildman–Crippen LogP) is 5.30. The van der Waals surface area contributed by atoms with Crippen molar-refractivity contribution in [2.24, 2.45) is 0 Å². The topological polar surface area (TPSA) is 48.4 Å². The molecule has 0 unspecified atom stereocenters. The number of hydrogen-bond donors (Lipinski definition) is 0. The van der Waals surface area contributed by atoms with E-state index in [1.807, 2.05) is 18.2 Å². The van der Waals surface area contributed by atoms with Gasteiger partial charge in [0.05, 0.1) is 15.7 Å². The first-order valence-electron chi connectivity index (χ1n) is 11.2. The molecule has 6 nitrogen and oxygen atoms in total. The van der Waals surface area contributed by atoms with Gasteiger partial charge in [-0.25, -0.2) is 14.4 Å². The van der Waals surface area contributed by atoms with Gasteiger partial charge in [-0.15, -0.1) is 0 Å². The number of halogens is 3. The van der Waals surface area contributed by atoms with Crippen LogP contribution in [0.1, 0.15) is 19.8 Å². The molecule has 2 aromatic heterocycles. The Kier molecular flexibility index (Phi) is 6.25. The van der Waals surface area contributed by atoms with Crippen LogP contribution >= 0.6 is 23.2 Å². The van der Waals surface area contributed by atoms with Gasteiger partial charge >= 0.3 is 0 Å². The monoisotopic (exact) mass is 486 g/mol. The van der Waals surface area contributed by atoms with Crippen LogP contribution in [0.25, 0.3) is 11.3 Å².